The number of furan rings is 1. The zero-order valence-electron chi connectivity index (χ0n) is 12.4. The lowest BCUT2D eigenvalue weighted by molar-refractivity contribution is 0.0789. The summed E-state index contributed by atoms with van der Waals surface area (Å²) >= 11 is 0. The van der Waals surface area contributed by atoms with Crippen LogP contribution in [0.2, 0.25) is 0 Å². The van der Waals surface area contributed by atoms with E-state index in [-0.39, 0.29) is 11.8 Å². The van der Waals surface area contributed by atoms with E-state index in [1.807, 2.05) is 30.3 Å². The lowest BCUT2D eigenvalue weighted by Gasteiger charge is -2.14. The van der Waals surface area contributed by atoms with Crippen molar-refractivity contribution < 1.29 is 13.7 Å². The SMILES string of the molecule is O=C(c1ccoc1)N1CC[C@H](c2noc(-c3ccccc3)n2)C1. The van der Waals surface area contributed by atoms with E-state index in [4.69, 9.17) is 8.94 Å². The minimum absolute atomic E-state index is 0.0203. The number of hydrogen-bond acceptors (Lipinski definition) is 5. The van der Waals surface area contributed by atoms with Crippen LogP contribution in [0.25, 0.3) is 11.5 Å². The summed E-state index contributed by atoms with van der Waals surface area (Å²) in [7, 11) is 0. The van der Waals surface area contributed by atoms with Crippen molar-refractivity contribution in [3.05, 3.63) is 60.3 Å². The number of hydrogen-bond donors (Lipinski definition) is 0. The summed E-state index contributed by atoms with van der Waals surface area (Å²) in [5.41, 5.74) is 1.47. The molecule has 1 aromatic carbocycles. The molecule has 4 rings (SSSR count). The van der Waals surface area contributed by atoms with Gasteiger partial charge in [-0.15, -0.1) is 0 Å². The number of carbonyl (C=O) groups excluding carboxylic acids is 1. The number of nitrogens with zero attached hydrogens (tertiary/aromatic N) is 3. The average Bonchev–Trinajstić information content (AvgIpc) is 3.35. The van der Waals surface area contributed by atoms with Gasteiger partial charge in [0.05, 0.1) is 11.8 Å². The number of benzene rings is 1. The van der Waals surface area contributed by atoms with Crippen molar-refractivity contribution in [1.82, 2.24) is 15.0 Å². The van der Waals surface area contributed by atoms with E-state index in [2.05, 4.69) is 10.1 Å². The summed E-state index contributed by atoms with van der Waals surface area (Å²) in [6.07, 6.45) is 3.81. The summed E-state index contributed by atoms with van der Waals surface area (Å²) in [6, 6.07) is 11.3. The van der Waals surface area contributed by atoms with Gasteiger partial charge in [0.15, 0.2) is 5.82 Å². The van der Waals surface area contributed by atoms with Crippen LogP contribution >= 0.6 is 0 Å². The molecule has 1 aliphatic rings. The van der Waals surface area contributed by atoms with Crippen LogP contribution in [0.3, 0.4) is 0 Å². The third-order valence-corrected chi connectivity index (χ3v) is 4.07. The quantitative estimate of drug-likeness (QED) is 0.743. The molecular weight excluding hydrogens is 294 g/mol. The van der Waals surface area contributed by atoms with Crippen LogP contribution in [-0.2, 0) is 0 Å². The summed E-state index contributed by atoms with van der Waals surface area (Å²) in [6.45, 7) is 1.28. The first-order valence-electron chi connectivity index (χ1n) is 7.52. The Morgan fingerprint density at radius 3 is 2.87 bits per heavy atom. The van der Waals surface area contributed by atoms with Crippen molar-refractivity contribution in [3.8, 4) is 11.5 Å². The van der Waals surface area contributed by atoms with E-state index >= 15 is 0 Å². The molecule has 0 saturated carbocycles. The first-order chi connectivity index (χ1) is 11.3. The molecule has 116 valence electrons. The van der Waals surface area contributed by atoms with Crippen LogP contribution in [-0.4, -0.2) is 34.0 Å². The van der Waals surface area contributed by atoms with E-state index < -0.39 is 0 Å². The monoisotopic (exact) mass is 309 g/mol. The Hall–Kier alpha value is -2.89. The van der Waals surface area contributed by atoms with Gasteiger partial charge in [-0.2, -0.15) is 4.98 Å². The molecule has 0 bridgehead atoms. The molecule has 1 atom stereocenters. The van der Waals surface area contributed by atoms with E-state index in [0.717, 1.165) is 12.0 Å². The maximum Gasteiger partial charge on any atom is 0.257 e. The van der Waals surface area contributed by atoms with Crippen molar-refractivity contribution in [2.45, 2.75) is 12.3 Å². The number of rotatable bonds is 3. The molecule has 0 spiro atoms. The summed E-state index contributed by atoms with van der Waals surface area (Å²) < 4.78 is 10.3. The second-order valence-electron chi connectivity index (χ2n) is 5.57. The predicted octanol–water partition coefficient (Wildman–Crippen LogP) is 2.96. The van der Waals surface area contributed by atoms with E-state index in [0.29, 0.717) is 30.4 Å². The van der Waals surface area contributed by atoms with Gasteiger partial charge in [-0.3, -0.25) is 4.79 Å². The zero-order valence-corrected chi connectivity index (χ0v) is 12.4. The Balaban J connectivity index is 1.48. The molecule has 23 heavy (non-hydrogen) atoms. The third-order valence-electron chi connectivity index (χ3n) is 4.07. The second kappa shape index (κ2) is 5.72. The third kappa shape index (κ3) is 2.63. The lowest BCUT2D eigenvalue weighted by atomic mass is 10.1. The highest BCUT2D eigenvalue weighted by molar-refractivity contribution is 5.94. The Morgan fingerprint density at radius 2 is 2.09 bits per heavy atom. The van der Waals surface area contributed by atoms with Crippen LogP contribution in [0.1, 0.15) is 28.5 Å². The van der Waals surface area contributed by atoms with Gasteiger partial charge in [-0.25, -0.2) is 0 Å². The average molecular weight is 309 g/mol. The molecule has 0 radical (unpaired) electrons. The van der Waals surface area contributed by atoms with Crippen molar-refractivity contribution in [2.75, 3.05) is 13.1 Å². The molecule has 6 heteroatoms. The largest absolute Gasteiger partial charge is 0.472 e. The van der Waals surface area contributed by atoms with Crippen molar-refractivity contribution >= 4 is 5.91 Å². The van der Waals surface area contributed by atoms with Gasteiger partial charge >= 0.3 is 0 Å². The molecule has 6 nitrogen and oxygen atoms in total. The maximum absolute atomic E-state index is 12.3. The molecule has 0 aliphatic carbocycles. The van der Waals surface area contributed by atoms with Gasteiger partial charge in [0.2, 0.25) is 0 Å². The number of amides is 1. The summed E-state index contributed by atoms with van der Waals surface area (Å²) in [5.74, 6) is 1.26. The molecule has 2 aromatic heterocycles. The Kier molecular flexibility index (Phi) is 3.42. The normalized spacial score (nSPS) is 17.6. The fourth-order valence-corrected chi connectivity index (χ4v) is 2.82. The highest BCUT2D eigenvalue weighted by atomic mass is 16.5. The van der Waals surface area contributed by atoms with Gasteiger partial charge < -0.3 is 13.8 Å². The number of carbonyl (C=O) groups is 1. The highest BCUT2D eigenvalue weighted by Crippen LogP contribution is 2.28. The van der Waals surface area contributed by atoms with Crippen molar-refractivity contribution in [1.29, 1.82) is 0 Å². The van der Waals surface area contributed by atoms with Crippen LogP contribution < -0.4 is 0 Å². The molecule has 3 aromatic rings. The molecule has 0 unspecified atom stereocenters. The topological polar surface area (TPSA) is 72.4 Å². The van der Waals surface area contributed by atoms with Crippen LogP contribution in [0, 0.1) is 0 Å². The van der Waals surface area contributed by atoms with Crippen molar-refractivity contribution in [3.63, 3.8) is 0 Å². The van der Waals surface area contributed by atoms with Crippen molar-refractivity contribution in [2.24, 2.45) is 0 Å². The van der Waals surface area contributed by atoms with Gasteiger partial charge in [0.25, 0.3) is 11.8 Å². The first-order valence-corrected chi connectivity index (χ1v) is 7.52. The molecule has 0 N–H and O–H groups in total. The minimum Gasteiger partial charge on any atom is -0.472 e. The predicted molar refractivity (Wildman–Crippen MR) is 81.7 cm³/mol. The van der Waals surface area contributed by atoms with E-state index in [1.54, 1.807) is 11.0 Å². The van der Waals surface area contributed by atoms with Gasteiger partial charge in [-0.05, 0) is 24.6 Å². The lowest BCUT2D eigenvalue weighted by Crippen LogP contribution is -2.28. The van der Waals surface area contributed by atoms with Crippen LogP contribution in [0.5, 0.6) is 0 Å². The van der Waals surface area contributed by atoms with Gasteiger partial charge in [0.1, 0.15) is 6.26 Å². The number of aromatic nitrogens is 2. The van der Waals surface area contributed by atoms with Crippen LogP contribution in [0.15, 0.2) is 57.9 Å². The van der Waals surface area contributed by atoms with E-state index in [9.17, 15) is 4.79 Å². The minimum atomic E-state index is -0.0203. The molecule has 3 heterocycles. The van der Waals surface area contributed by atoms with Gasteiger partial charge in [-0.1, -0.05) is 23.4 Å². The Labute approximate surface area is 132 Å². The molecular formula is C17H15N3O3. The molecule has 1 amide bonds. The summed E-state index contributed by atoms with van der Waals surface area (Å²) in [5, 5.41) is 4.09. The summed E-state index contributed by atoms with van der Waals surface area (Å²) in [4.78, 5) is 18.6. The Bertz CT molecular complexity index is 796. The Morgan fingerprint density at radius 1 is 1.22 bits per heavy atom. The smallest absolute Gasteiger partial charge is 0.257 e. The maximum atomic E-state index is 12.3. The van der Waals surface area contributed by atoms with Crippen LogP contribution in [0.4, 0.5) is 0 Å². The van der Waals surface area contributed by atoms with Gasteiger partial charge in [0, 0.05) is 24.6 Å². The fraction of sp³-hybridized carbons (Fsp3) is 0.235. The standard InChI is InChI=1S/C17H15N3O3/c21-17(14-7-9-22-11-14)20-8-6-13(10-20)15-18-16(23-19-15)12-4-2-1-3-5-12/h1-5,7,9,11,13H,6,8,10H2/t13-/m0/s1. The molecule has 1 fully saturated rings. The highest BCUT2D eigenvalue weighted by Gasteiger charge is 2.31. The second-order valence-corrected chi connectivity index (χ2v) is 5.57. The molecule has 1 saturated heterocycles. The zero-order chi connectivity index (χ0) is 15.6. The fourth-order valence-electron chi connectivity index (χ4n) is 2.82. The number of likely N-dealkylation sites (tertiary alicyclic amines) is 1. The molecule has 1 aliphatic heterocycles. The van der Waals surface area contributed by atoms with E-state index in [1.165, 1.54) is 12.5 Å². The first kappa shape index (κ1) is 13.8.